The topological polar surface area (TPSA) is 128 Å². The molecule has 8 N–H and O–H groups in total. The van der Waals surface area contributed by atoms with Gasteiger partial charge in [-0.2, -0.15) is 5.10 Å². The van der Waals surface area contributed by atoms with Gasteiger partial charge in [0.05, 0.1) is 6.20 Å². The van der Waals surface area contributed by atoms with Gasteiger partial charge in [0, 0.05) is 17.5 Å². The number of nitrogens with one attached hydrogen (secondary N) is 1. The monoisotopic (exact) mass is 398 g/mol. The lowest BCUT2D eigenvalue weighted by Gasteiger charge is -2.27. The molecule has 0 amide bonds. The zero-order valence-corrected chi connectivity index (χ0v) is 17.6. The van der Waals surface area contributed by atoms with Crippen LogP contribution in [0.3, 0.4) is 0 Å². The average molecular weight is 399 g/mol. The van der Waals surface area contributed by atoms with Gasteiger partial charge in [0.25, 0.3) is 0 Å². The summed E-state index contributed by atoms with van der Waals surface area (Å²) in [5.74, 6) is 1.24. The van der Waals surface area contributed by atoms with Crippen molar-refractivity contribution in [3.05, 3.63) is 59.7 Å². The predicted octanol–water partition coefficient (Wildman–Crippen LogP) is 2.76. The molecule has 1 saturated heterocycles. The van der Waals surface area contributed by atoms with Crippen molar-refractivity contribution >= 4 is 11.4 Å². The quantitative estimate of drug-likeness (QED) is 0.493. The first-order chi connectivity index (χ1) is 14.0. The fourth-order valence-electron chi connectivity index (χ4n) is 3.54. The maximum Gasteiger partial charge on any atom is 0.124 e. The number of phenols is 1. The highest BCUT2D eigenvalue weighted by molar-refractivity contribution is 5.77. The average Bonchev–Trinajstić information content (AvgIpc) is 3.23. The van der Waals surface area contributed by atoms with E-state index in [0.29, 0.717) is 28.8 Å². The van der Waals surface area contributed by atoms with Crippen molar-refractivity contribution in [1.82, 2.24) is 15.1 Å². The number of hydrogen-bond acceptors (Lipinski definition) is 6. The third-order valence-electron chi connectivity index (χ3n) is 5.27. The van der Waals surface area contributed by atoms with E-state index >= 15 is 0 Å². The minimum Gasteiger partial charge on any atom is -0.507 e. The number of aromatic hydroxyl groups is 1. The summed E-state index contributed by atoms with van der Waals surface area (Å²) < 4.78 is 1.65. The van der Waals surface area contributed by atoms with Crippen LogP contribution in [0.1, 0.15) is 50.7 Å². The minimum atomic E-state index is 0.0990. The van der Waals surface area contributed by atoms with Crippen LogP contribution in [-0.4, -0.2) is 28.0 Å². The largest absolute Gasteiger partial charge is 0.507 e. The second-order valence-electron chi connectivity index (χ2n) is 7.05. The molecule has 7 nitrogen and oxygen atoms in total. The van der Waals surface area contributed by atoms with Gasteiger partial charge in [0.1, 0.15) is 17.3 Å². The molecule has 0 bridgehead atoms. The lowest BCUT2D eigenvalue weighted by Crippen LogP contribution is -2.30. The Morgan fingerprint density at radius 3 is 2.48 bits per heavy atom. The van der Waals surface area contributed by atoms with Gasteiger partial charge in [-0.3, -0.25) is 0 Å². The molecular weight excluding hydrogens is 364 g/mol. The van der Waals surface area contributed by atoms with E-state index in [2.05, 4.69) is 17.3 Å². The third kappa shape index (κ3) is 5.54. The van der Waals surface area contributed by atoms with Crippen molar-refractivity contribution in [2.45, 2.75) is 39.5 Å². The van der Waals surface area contributed by atoms with Crippen LogP contribution in [0, 0.1) is 5.92 Å². The summed E-state index contributed by atoms with van der Waals surface area (Å²) in [7, 11) is 0. The molecule has 1 unspecified atom stereocenters. The summed E-state index contributed by atoms with van der Waals surface area (Å²) >= 11 is 0. The van der Waals surface area contributed by atoms with Crippen LogP contribution in [0.2, 0.25) is 0 Å². The van der Waals surface area contributed by atoms with Crippen LogP contribution >= 0.6 is 0 Å². The number of piperidine rings is 1. The van der Waals surface area contributed by atoms with Gasteiger partial charge in [-0.05, 0) is 61.5 Å². The molecule has 1 fully saturated rings. The fourth-order valence-corrected chi connectivity index (χ4v) is 3.54. The highest BCUT2D eigenvalue weighted by Crippen LogP contribution is 2.31. The molecule has 0 radical (unpaired) electrons. The smallest absolute Gasteiger partial charge is 0.124 e. The normalized spacial score (nSPS) is 15.9. The number of nitrogens with zero attached hydrogens (tertiary/aromatic N) is 2. The molecule has 158 valence electrons. The summed E-state index contributed by atoms with van der Waals surface area (Å²) in [6.07, 6.45) is 7.77. The first-order valence-electron chi connectivity index (χ1n) is 10.2. The number of benzene rings is 1. The van der Waals surface area contributed by atoms with Gasteiger partial charge in [0.15, 0.2) is 0 Å². The highest BCUT2D eigenvalue weighted by atomic mass is 16.3. The van der Waals surface area contributed by atoms with E-state index in [-0.39, 0.29) is 11.6 Å². The number of allylic oxidation sites excluding steroid dienone is 2. The molecule has 1 aromatic carbocycles. The Morgan fingerprint density at radius 2 is 1.86 bits per heavy atom. The van der Waals surface area contributed by atoms with Crippen LogP contribution in [0.15, 0.2) is 48.6 Å². The molecule has 0 aliphatic carbocycles. The van der Waals surface area contributed by atoms with E-state index < -0.39 is 0 Å². The maximum absolute atomic E-state index is 10.00. The summed E-state index contributed by atoms with van der Waals surface area (Å²) in [5, 5.41) is 17.8. The maximum atomic E-state index is 10.00. The molecule has 1 atom stereocenters. The van der Waals surface area contributed by atoms with E-state index in [1.165, 1.54) is 0 Å². The summed E-state index contributed by atoms with van der Waals surface area (Å²) in [4.78, 5) is 0. The van der Waals surface area contributed by atoms with Crippen molar-refractivity contribution in [2.75, 3.05) is 13.1 Å². The second-order valence-corrected chi connectivity index (χ2v) is 7.05. The fraction of sp³-hybridized carbons (Fsp3) is 0.409. The minimum absolute atomic E-state index is 0.0990. The number of para-hydroxylation sites is 1. The highest BCUT2D eigenvalue weighted by Gasteiger charge is 2.22. The Balaban J connectivity index is 0.00000145. The van der Waals surface area contributed by atoms with E-state index in [9.17, 15) is 5.11 Å². The van der Waals surface area contributed by atoms with Gasteiger partial charge in [-0.15, -0.1) is 0 Å². The second kappa shape index (κ2) is 10.6. The molecule has 1 aliphatic rings. The van der Waals surface area contributed by atoms with Gasteiger partial charge in [0.2, 0.25) is 0 Å². The van der Waals surface area contributed by atoms with Crippen LogP contribution < -0.4 is 22.5 Å². The number of rotatable bonds is 5. The Kier molecular flexibility index (Phi) is 8.15. The molecule has 0 saturated carbocycles. The lowest BCUT2D eigenvalue weighted by molar-refractivity contribution is 0.330. The standard InChI is InChI=1S/C20H28N6O.C2H6/c1-13(14-6-8-24-9-7-14)15-11-25-26(12-15)18(20(22)23)10-17(21)16-4-2-3-5-19(16)27;1-2/h2-5,10-14,24,27H,6-9,21-23H2,1H3;1-2H3/b17-10-;. The Morgan fingerprint density at radius 1 is 1.21 bits per heavy atom. The molecule has 2 heterocycles. The van der Waals surface area contributed by atoms with Crippen LogP contribution in [0.25, 0.3) is 11.4 Å². The Labute approximate surface area is 173 Å². The zero-order chi connectivity index (χ0) is 21.4. The molecule has 2 aromatic rings. The van der Waals surface area contributed by atoms with Gasteiger partial charge in [-0.1, -0.05) is 32.9 Å². The molecule has 7 heteroatoms. The van der Waals surface area contributed by atoms with E-state index in [1.54, 1.807) is 35.0 Å². The number of phenolic OH excluding ortho intramolecular Hbond substituents is 1. The molecule has 1 aliphatic heterocycles. The Bertz CT molecular complexity index is 844. The first-order valence-corrected chi connectivity index (χ1v) is 10.2. The Hall–Kier alpha value is -2.93. The van der Waals surface area contributed by atoms with Crippen LogP contribution in [0.5, 0.6) is 5.75 Å². The van der Waals surface area contributed by atoms with Gasteiger partial charge in [-0.25, -0.2) is 4.68 Å². The first kappa shape index (κ1) is 22.4. The van der Waals surface area contributed by atoms with Crippen molar-refractivity contribution in [2.24, 2.45) is 23.1 Å². The molecule has 3 rings (SSSR count). The zero-order valence-electron chi connectivity index (χ0n) is 17.6. The van der Waals surface area contributed by atoms with E-state index in [1.807, 2.05) is 26.2 Å². The molecular formula is C22H34N6O. The molecule has 29 heavy (non-hydrogen) atoms. The van der Waals surface area contributed by atoms with Crippen molar-refractivity contribution in [1.29, 1.82) is 0 Å². The van der Waals surface area contributed by atoms with Crippen molar-refractivity contribution < 1.29 is 5.11 Å². The molecule has 1 aromatic heterocycles. The number of hydrogen-bond donors (Lipinski definition) is 5. The summed E-state index contributed by atoms with van der Waals surface area (Å²) in [6, 6.07) is 6.86. The SMILES string of the molecule is CC.CC(c1cnn(C(/C=C(\N)c2ccccc2O)=C(N)N)c1)C1CCNCC1. The van der Waals surface area contributed by atoms with E-state index in [0.717, 1.165) is 31.5 Å². The summed E-state index contributed by atoms with van der Waals surface area (Å²) in [5.41, 5.74) is 20.5. The van der Waals surface area contributed by atoms with Gasteiger partial charge >= 0.3 is 0 Å². The summed E-state index contributed by atoms with van der Waals surface area (Å²) in [6.45, 7) is 8.35. The van der Waals surface area contributed by atoms with Crippen LogP contribution in [-0.2, 0) is 0 Å². The number of nitrogens with two attached hydrogens (primary N) is 3. The van der Waals surface area contributed by atoms with Crippen LogP contribution in [0.4, 0.5) is 0 Å². The van der Waals surface area contributed by atoms with Crippen molar-refractivity contribution in [3.8, 4) is 5.75 Å². The molecule has 0 spiro atoms. The number of aromatic nitrogens is 2. The van der Waals surface area contributed by atoms with Crippen molar-refractivity contribution in [3.63, 3.8) is 0 Å². The predicted molar refractivity (Wildman–Crippen MR) is 119 cm³/mol. The van der Waals surface area contributed by atoms with Gasteiger partial charge < -0.3 is 27.6 Å². The lowest BCUT2D eigenvalue weighted by atomic mass is 9.83. The van der Waals surface area contributed by atoms with E-state index in [4.69, 9.17) is 17.2 Å². The third-order valence-corrected chi connectivity index (χ3v) is 5.27.